The number of carbonyl (C=O) groups excluding carboxylic acids is 1. The van der Waals surface area contributed by atoms with Crippen LogP contribution in [0.1, 0.15) is 60.7 Å². The molecule has 1 saturated heterocycles. The molecule has 0 spiro atoms. The summed E-state index contributed by atoms with van der Waals surface area (Å²) in [5.74, 6) is 0.484. The molecule has 1 aliphatic carbocycles. The minimum atomic E-state index is -0.0712. The second-order valence-corrected chi connectivity index (χ2v) is 8.97. The number of aryl methyl sites for hydroxylation is 1. The molecule has 1 atom stereocenters. The first-order valence-corrected chi connectivity index (χ1v) is 11.4. The maximum atomic E-state index is 13.5. The number of hydrogen-bond acceptors (Lipinski definition) is 4. The summed E-state index contributed by atoms with van der Waals surface area (Å²) in [4.78, 5) is 37.2. The lowest BCUT2D eigenvalue weighted by atomic mass is 9.89. The Labute approximate surface area is 181 Å². The van der Waals surface area contributed by atoms with Gasteiger partial charge in [-0.15, -0.1) is 0 Å². The van der Waals surface area contributed by atoms with E-state index in [0.717, 1.165) is 29.8 Å². The van der Waals surface area contributed by atoms with Gasteiger partial charge in [-0.1, -0.05) is 25.3 Å². The van der Waals surface area contributed by atoms with Crippen LogP contribution in [0.3, 0.4) is 0 Å². The summed E-state index contributed by atoms with van der Waals surface area (Å²) in [6, 6.07) is 9.33. The quantitative estimate of drug-likeness (QED) is 0.648. The van der Waals surface area contributed by atoms with E-state index < -0.39 is 0 Å². The van der Waals surface area contributed by atoms with Gasteiger partial charge in [-0.25, -0.2) is 14.8 Å². The molecular weight excluding hydrogens is 390 g/mol. The number of carbonyl (C=O) groups is 1. The van der Waals surface area contributed by atoms with E-state index in [1.54, 1.807) is 12.3 Å². The van der Waals surface area contributed by atoms with Gasteiger partial charge in [-0.05, 0) is 56.4 Å². The molecule has 7 nitrogen and oxygen atoms in total. The highest BCUT2D eigenvalue weighted by Gasteiger charge is 2.32. The van der Waals surface area contributed by atoms with Crippen LogP contribution in [0.25, 0.3) is 11.2 Å². The van der Waals surface area contributed by atoms with Crippen molar-refractivity contribution in [3.8, 4) is 0 Å². The smallest absolute Gasteiger partial charge is 0.330 e. The Kier molecular flexibility index (Phi) is 5.34. The highest BCUT2D eigenvalue weighted by molar-refractivity contribution is 5.92. The zero-order valence-electron chi connectivity index (χ0n) is 18.0. The third-order valence-electron chi connectivity index (χ3n) is 6.81. The molecule has 3 aromatic heterocycles. The monoisotopic (exact) mass is 419 g/mol. The van der Waals surface area contributed by atoms with Crippen molar-refractivity contribution in [2.24, 2.45) is 5.92 Å². The molecule has 0 unspecified atom stereocenters. The fourth-order valence-electron chi connectivity index (χ4n) is 5.20. The molecule has 1 saturated carbocycles. The number of pyridine rings is 2. The molecule has 1 amide bonds. The summed E-state index contributed by atoms with van der Waals surface area (Å²) in [7, 11) is 0. The molecule has 31 heavy (non-hydrogen) atoms. The fraction of sp³-hybridized carbons (Fsp3) is 0.500. The fourth-order valence-corrected chi connectivity index (χ4v) is 5.20. The molecule has 0 aromatic carbocycles. The van der Waals surface area contributed by atoms with Gasteiger partial charge < -0.3 is 4.90 Å². The van der Waals surface area contributed by atoms with Gasteiger partial charge in [0, 0.05) is 31.5 Å². The largest absolute Gasteiger partial charge is 0.335 e. The normalized spacial score (nSPS) is 19.9. The summed E-state index contributed by atoms with van der Waals surface area (Å²) < 4.78 is 3.75. The van der Waals surface area contributed by atoms with Crippen LogP contribution in [-0.4, -0.2) is 43.0 Å². The molecule has 0 bridgehead atoms. The van der Waals surface area contributed by atoms with Gasteiger partial charge in [0.2, 0.25) is 0 Å². The topological polar surface area (TPSA) is 73.0 Å². The zero-order chi connectivity index (χ0) is 21.4. The first kappa shape index (κ1) is 20.0. The van der Waals surface area contributed by atoms with Gasteiger partial charge in [-0.2, -0.15) is 0 Å². The van der Waals surface area contributed by atoms with Crippen molar-refractivity contribution in [1.82, 2.24) is 24.0 Å². The third-order valence-corrected chi connectivity index (χ3v) is 6.81. The van der Waals surface area contributed by atoms with Crippen LogP contribution >= 0.6 is 0 Å². The van der Waals surface area contributed by atoms with Crippen molar-refractivity contribution in [3.05, 3.63) is 58.4 Å². The third kappa shape index (κ3) is 3.77. The highest BCUT2D eigenvalue weighted by atomic mass is 16.2. The lowest BCUT2D eigenvalue weighted by Gasteiger charge is -2.21. The SMILES string of the molecule is Cc1cccc(C(=O)N2CC[C@@H](n3c(=O)n(CC4CCCCC4)c4cccnc43)C2)n1. The van der Waals surface area contributed by atoms with Gasteiger partial charge in [0.15, 0.2) is 5.65 Å². The van der Waals surface area contributed by atoms with E-state index in [4.69, 9.17) is 0 Å². The second-order valence-electron chi connectivity index (χ2n) is 8.97. The second kappa shape index (κ2) is 8.29. The van der Waals surface area contributed by atoms with Crippen molar-refractivity contribution in [2.75, 3.05) is 13.1 Å². The molecule has 3 aromatic rings. The number of imidazole rings is 1. The van der Waals surface area contributed by atoms with Crippen molar-refractivity contribution >= 4 is 17.1 Å². The van der Waals surface area contributed by atoms with E-state index in [1.807, 2.05) is 45.2 Å². The van der Waals surface area contributed by atoms with E-state index in [0.29, 0.717) is 24.7 Å². The van der Waals surface area contributed by atoms with Gasteiger partial charge in [0.1, 0.15) is 5.69 Å². The van der Waals surface area contributed by atoms with Gasteiger partial charge in [0.05, 0.1) is 11.6 Å². The van der Waals surface area contributed by atoms with Crippen LogP contribution in [-0.2, 0) is 6.54 Å². The Morgan fingerprint density at radius 1 is 1.10 bits per heavy atom. The predicted molar refractivity (Wildman–Crippen MR) is 119 cm³/mol. The van der Waals surface area contributed by atoms with Crippen LogP contribution in [0.2, 0.25) is 0 Å². The number of fused-ring (bicyclic) bond motifs is 1. The summed E-state index contributed by atoms with van der Waals surface area (Å²) in [5.41, 5.74) is 2.94. The van der Waals surface area contributed by atoms with Crippen molar-refractivity contribution in [1.29, 1.82) is 0 Å². The molecule has 162 valence electrons. The number of likely N-dealkylation sites (tertiary alicyclic amines) is 1. The lowest BCUT2D eigenvalue weighted by Crippen LogP contribution is -2.33. The molecule has 2 aliphatic rings. The lowest BCUT2D eigenvalue weighted by molar-refractivity contribution is 0.0781. The first-order valence-electron chi connectivity index (χ1n) is 11.4. The highest BCUT2D eigenvalue weighted by Crippen LogP contribution is 2.28. The Bertz CT molecular complexity index is 1160. The van der Waals surface area contributed by atoms with Crippen LogP contribution in [0.5, 0.6) is 0 Å². The molecular formula is C24H29N5O2. The maximum absolute atomic E-state index is 13.5. The van der Waals surface area contributed by atoms with E-state index in [9.17, 15) is 9.59 Å². The van der Waals surface area contributed by atoms with E-state index in [2.05, 4.69) is 9.97 Å². The Morgan fingerprint density at radius 3 is 2.74 bits per heavy atom. The minimum absolute atomic E-state index is 0.00672. The zero-order valence-corrected chi connectivity index (χ0v) is 18.0. The Morgan fingerprint density at radius 2 is 1.94 bits per heavy atom. The summed E-state index contributed by atoms with van der Waals surface area (Å²) in [6.45, 7) is 3.77. The molecule has 7 heteroatoms. The van der Waals surface area contributed by atoms with Crippen molar-refractivity contribution in [3.63, 3.8) is 0 Å². The van der Waals surface area contributed by atoms with Gasteiger partial charge in [-0.3, -0.25) is 13.9 Å². The van der Waals surface area contributed by atoms with Crippen LogP contribution < -0.4 is 5.69 Å². The number of nitrogens with zero attached hydrogens (tertiary/aromatic N) is 5. The van der Waals surface area contributed by atoms with Crippen LogP contribution in [0.4, 0.5) is 0 Å². The van der Waals surface area contributed by atoms with E-state index in [-0.39, 0.29) is 17.6 Å². The first-order chi connectivity index (χ1) is 15.1. The van der Waals surface area contributed by atoms with E-state index >= 15 is 0 Å². The predicted octanol–water partition coefficient (Wildman–Crippen LogP) is 3.57. The summed E-state index contributed by atoms with van der Waals surface area (Å²) in [5, 5.41) is 0. The molecule has 0 N–H and O–H groups in total. The average molecular weight is 420 g/mol. The summed E-state index contributed by atoms with van der Waals surface area (Å²) in [6.07, 6.45) is 8.68. The Hall–Kier alpha value is -2.96. The van der Waals surface area contributed by atoms with Gasteiger partial charge >= 0.3 is 5.69 Å². The average Bonchev–Trinajstić information content (AvgIpc) is 3.37. The van der Waals surface area contributed by atoms with Crippen molar-refractivity contribution in [2.45, 2.75) is 58.0 Å². The molecule has 4 heterocycles. The van der Waals surface area contributed by atoms with Crippen molar-refractivity contribution < 1.29 is 4.79 Å². The van der Waals surface area contributed by atoms with Gasteiger partial charge in [0.25, 0.3) is 5.91 Å². The number of amides is 1. The number of hydrogen-bond donors (Lipinski definition) is 0. The number of aromatic nitrogens is 4. The molecule has 2 fully saturated rings. The minimum Gasteiger partial charge on any atom is -0.335 e. The number of rotatable bonds is 4. The Balaban J connectivity index is 1.43. The van der Waals surface area contributed by atoms with Crippen LogP contribution in [0, 0.1) is 12.8 Å². The summed E-state index contributed by atoms with van der Waals surface area (Å²) >= 11 is 0. The molecule has 0 radical (unpaired) electrons. The van der Waals surface area contributed by atoms with E-state index in [1.165, 1.54) is 32.1 Å². The maximum Gasteiger partial charge on any atom is 0.330 e. The standard InChI is InChI=1S/C24H29N5O2/c1-17-7-5-10-20(26-17)23(30)27-14-12-19(16-27)29-22-21(11-6-13-25-22)28(24(29)31)15-18-8-3-2-4-9-18/h5-7,10-11,13,18-19H,2-4,8-9,12,14-16H2,1H3/t19-/m1/s1. The molecule has 5 rings (SSSR count). The molecule has 1 aliphatic heterocycles. The van der Waals surface area contributed by atoms with Crippen LogP contribution in [0.15, 0.2) is 41.3 Å².